The second-order valence-corrected chi connectivity index (χ2v) is 6.78. The van der Waals surface area contributed by atoms with Crippen molar-refractivity contribution >= 4 is 35.8 Å². The number of benzene rings is 1. The predicted octanol–water partition coefficient (Wildman–Crippen LogP) is 1.95. The number of nitrogens with one attached hydrogen (secondary N) is 2. The van der Waals surface area contributed by atoms with E-state index in [0.29, 0.717) is 41.8 Å². The van der Waals surface area contributed by atoms with Gasteiger partial charge in [-0.1, -0.05) is 11.6 Å². The molecule has 0 spiro atoms. The maximum Gasteiger partial charge on any atom is 0.251 e. The van der Waals surface area contributed by atoms with Gasteiger partial charge in [0, 0.05) is 49.7 Å². The summed E-state index contributed by atoms with van der Waals surface area (Å²) >= 11 is 5.80. The monoisotopic (exact) mass is 371 g/mol. The molecule has 5 nitrogen and oxygen atoms in total. The molecule has 1 aromatic rings. The average Bonchev–Trinajstić information content (AvgIpc) is 3.13. The summed E-state index contributed by atoms with van der Waals surface area (Å²) in [4.78, 5) is 26.1. The van der Waals surface area contributed by atoms with Crippen LogP contribution in [0.15, 0.2) is 24.3 Å². The Kier molecular flexibility index (Phi) is 6.90. The lowest BCUT2D eigenvalue weighted by Gasteiger charge is -2.17. The number of rotatable bonds is 5. The molecule has 2 amide bonds. The molecule has 2 atom stereocenters. The van der Waals surface area contributed by atoms with Crippen molar-refractivity contribution in [1.29, 1.82) is 0 Å². The maximum atomic E-state index is 12.2. The molecule has 3 rings (SSSR count). The van der Waals surface area contributed by atoms with Gasteiger partial charge in [0.05, 0.1) is 0 Å². The third kappa shape index (κ3) is 4.62. The summed E-state index contributed by atoms with van der Waals surface area (Å²) in [5, 5.41) is 6.82. The van der Waals surface area contributed by atoms with Crippen LogP contribution in [0.3, 0.4) is 0 Å². The van der Waals surface area contributed by atoms with Gasteiger partial charge in [0.25, 0.3) is 5.91 Å². The van der Waals surface area contributed by atoms with Crippen LogP contribution >= 0.6 is 24.0 Å². The molecule has 2 fully saturated rings. The van der Waals surface area contributed by atoms with Crippen LogP contribution in [0.2, 0.25) is 5.02 Å². The molecule has 0 bridgehead atoms. The Morgan fingerprint density at radius 1 is 1.17 bits per heavy atom. The molecule has 7 heteroatoms. The summed E-state index contributed by atoms with van der Waals surface area (Å²) in [6, 6.07) is 6.78. The highest BCUT2D eigenvalue weighted by Crippen LogP contribution is 2.26. The second kappa shape index (κ2) is 8.70. The van der Waals surface area contributed by atoms with E-state index < -0.39 is 0 Å². The highest BCUT2D eigenvalue weighted by atomic mass is 35.5. The smallest absolute Gasteiger partial charge is 0.251 e. The maximum absolute atomic E-state index is 12.2. The van der Waals surface area contributed by atoms with Crippen LogP contribution in [0.5, 0.6) is 0 Å². The molecule has 2 N–H and O–H groups in total. The highest BCUT2D eigenvalue weighted by Gasteiger charge is 2.37. The van der Waals surface area contributed by atoms with E-state index in [-0.39, 0.29) is 24.2 Å². The van der Waals surface area contributed by atoms with Crippen molar-refractivity contribution in [3.05, 3.63) is 34.9 Å². The van der Waals surface area contributed by atoms with Crippen LogP contribution in [-0.4, -0.2) is 49.4 Å². The van der Waals surface area contributed by atoms with Gasteiger partial charge in [-0.2, -0.15) is 0 Å². The minimum Gasteiger partial charge on any atom is -0.352 e. The van der Waals surface area contributed by atoms with E-state index in [2.05, 4.69) is 10.6 Å². The van der Waals surface area contributed by atoms with Gasteiger partial charge >= 0.3 is 0 Å². The Hall–Kier alpha value is -1.30. The molecule has 2 aliphatic rings. The Labute approximate surface area is 153 Å². The molecule has 0 radical (unpaired) electrons. The summed E-state index contributed by atoms with van der Waals surface area (Å²) in [5.41, 5.74) is 0.584. The number of halogens is 2. The van der Waals surface area contributed by atoms with Crippen LogP contribution in [0.1, 0.15) is 23.2 Å². The van der Waals surface area contributed by atoms with E-state index in [4.69, 9.17) is 11.6 Å². The minimum absolute atomic E-state index is 0. The van der Waals surface area contributed by atoms with Crippen molar-refractivity contribution in [3.63, 3.8) is 0 Å². The number of hydrogen-bond acceptors (Lipinski definition) is 3. The Morgan fingerprint density at radius 2 is 1.79 bits per heavy atom. The van der Waals surface area contributed by atoms with E-state index in [1.165, 1.54) is 0 Å². The van der Waals surface area contributed by atoms with Gasteiger partial charge in [0.15, 0.2) is 0 Å². The van der Waals surface area contributed by atoms with Crippen LogP contribution in [-0.2, 0) is 4.79 Å². The molecule has 0 saturated carbocycles. The van der Waals surface area contributed by atoms with Crippen molar-refractivity contribution in [2.75, 3.05) is 32.7 Å². The topological polar surface area (TPSA) is 61.4 Å². The summed E-state index contributed by atoms with van der Waals surface area (Å²) in [6.45, 7) is 4.34. The average molecular weight is 372 g/mol. The van der Waals surface area contributed by atoms with E-state index in [1.54, 1.807) is 24.3 Å². The fourth-order valence-corrected chi connectivity index (χ4v) is 3.49. The molecule has 0 aliphatic carbocycles. The van der Waals surface area contributed by atoms with E-state index in [9.17, 15) is 9.59 Å². The van der Waals surface area contributed by atoms with Gasteiger partial charge in [-0.25, -0.2) is 0 Å². The zero-order valence-corrected chi connectivity index (χ0v) is 15.0. The molecule has 24 heavy (non-hydrogen) atoms. The van der Waals surface area contributed by atoms with Crippen molar-refractivity contribution in [2.45, 2.75) is 12.8 Å². The van der Waals surface area contributed by atoms with E-state index in [0.717, 1.165) is 26.2 Å². The van der Waals surface area contributed by atoms with Gasteiger partial charge in [-0.3, -0.25) is 9.59 Å². The SMILES string of the molecule is Cl.O=C(NCCCC(=O)N1C[C@H]2CNC[C@H]2C1)c1ccc(Cl)cc1. The van der Waals surface area contributed by atoms with Crippen LogP contribution in [0.25, 0.3) is 0 Å². The molecule has 2 aliphatic heterocycles. The number of amides is 2. The van der Waals surface area contributed by atoms with Crippen molar-refractivity contribution in [1.82, 2.24) is 15.5 Å². The van der Waals surface area contributed by atoms with Gasteiger partial charge in [-0.15, -0.1) is 12.4 Å². The lowest BCUT2D eigenvalue weighted by molar-refractivity contribution is -0.130. The lowest BCUT2D eigenvalue weighted by Crippen LogP contribution is -2.32. The zero-order valence-electron chi connectivity index (χ0n) is 13.5. The van der Waals surface area contributed by atoms with Crippen LogP contribution in [0.4, 0.5) is 0 Å². The molecule has 0 aromatic heterocycles. The zero-order chi connectivity index (χ0) is 16.2. The summed E-state index contributed by atoms with van der Waals surface area (Å²) in [5.74, 6) is 1.34. The Bertz CT molecular complexity index is 568. The van der Waals surface area contributed by atoms with E-state index in [1.807, 2.05) is 4.90 Å². The first-order valence-electron chi connectivity index (χ1n) is 8.16. The predicted molar refractivity (Wildman–Crippen MR) is 96.7 cm³/mol. The molecule has 0 unspecified atom stereocenters. The van der Waals surface area contributed by atoms with Gasteiger partial charge in [0.1, 0.15) is 0 Å². The molecule has 1 aromatic carbocycles. The number of nitrogens with zero attached hydrogens (tertiary/aromatic N) is 1. The number of hydrogen-bond donors (Lipinski definition) is 2. The summed E-state index contributed by atoms with van der Waals surface area (Å²) < 4.78 is 0. The summed E-state index contributed by atoms with van der Waals surface area (Å²) in [6.07, 6.45) is 1.16. The number of likely N-dealkylation sites (tertiary alicyclic amines) is 1. The molecule has 2 saturated heterocycles. The fourth-order valence-electron chi connectivity index (χ4n) is 3.36. The van der Waals surface area contributed by atoms with Crippen molar-refractivity contribution in [3.8, 4) is 0 Å². The number of carbonyl (C=O) groups excluding carboxylic acids is 2. The third-order valence-electron chi connectivity index (χ3n) is 4.70. The molecular weight excluding hydrogens is 349 g/mol. The van der Waals surface area contributed by atoms with Gasteiger partial charge in [-0.05, 0) is 42.5 Å². The van der Waals surface area contributed by atoms with Crippen molar-refractivity contribution < 1.29 is 9.59 Å². The first-order valence-corrected chi connectivity index (χ1v) is 8.53. The highest BCUT2D eigenvalue weighted by molar-refractivity contribution is 6.30. The summed E-state index contributed by atoms with van der Waals surface area (Å²) in [7, 11) is 0. The van der Waals surface area contributed by atoms with Crippen molar-refractivity contribution in [2.24, 2.45) is 11.8 Å². The minimum atomic E-state index is -0.129. The van der Waals surface area contributed by atoms with Crippen LogP contribution in [0, 0.1) is 11.8 Å². The number of fused-ring (bicyclic) bond motifs is 1. The van der Waals surface area contributed by atoms with Gasteiger partial charge in [0.2, 0.25) is 5.91 Å². The number of carbonyl (C=O) groups is 2. The van der Waals surface area contributed by atoms with Crippen LogP contribution < -0.4 is 10.6 Å². The van der Waals surface area contributed by atoms with Gasteiger partial charge < -0.3 is 15.5 Å². The second-order valence-electron chi connectivity index (χ2n) is 6.34. The molecule has 132 valence electrons. The lowest BCUT2D eigenvalue weighted by atomic mass is 10.0. The van der Waals surface area contributed by atoms with E-state index >= 15 is 0 Å². The molecular formula is C17H23Cl2N3O2. The standard InChI is InChI=1S/C17H22ClN3O2.ClH/c18-15-5-3-12(4-6-15)17(23)20-7-1-2-16(22)21-10-13-8-19-9-14(13)11-21;/h3-6,13-14,19H,1-2,7-11H2,(H,20,23);1H/t13-,14+;. The quantitative estimate of drug-likeness (QED) is 0.777. The fraction of sp³-hybridized carbons (Fsp3) is 0.529. The first-order chi connectivity index (χ1) is 11.1. The Balaban J connectivity index is 0.00000208. The third-order valence-corrected chi connectivity index (χ3v) is 4.95. The molecule has 2 heterocycles. The normalized spacial score (nSPS) is 22.0. The largest absolute Gasteiger partial charge is 0.352 e. The first kappa shape index (κ1) is 19.0. The Morgan fingerprint density at radius 3 is 2.42 bits per heavy atom.